The van der Waals surface area contributed by atoms with Crippen LogP contribution in [0.2, 0.25) is 0 Å². The van der Waals surface area contributed by atoms with Crippen molar-refractivity contribution in [3.05, 3.63) is 96.3 Å². The summed E-state index contributed by atoms with van der Waals surface area (Å²) in [4.78, 5) is 10.3. The van der Waals surface area contributed by atoms with Crippen molar-refractivity contribution in [3.63, 3.8) is 0 Å². The maximum absolute atomic E-state index is 5.21. The molecule has 0 aliphatic rings. The quantitative estimate of drug-likeness (QED) is 0.272. The zero-order valence-electron chi connectivity index (χ0n) is 18.0. The number of para-hydroxylation sites is 1. The van der Waals surface area contributed by atoms with Crippen molar-refractivity contribution >= 4 is 21.9 Å². The summed E-state index contributed by atoms with van der Waals surface area (Å²) in [5, 5.41) is 1.17. The van der Waals surface area contributed by atoms with Crippen LogP contribution < -0.4 is 0 Å². The first-order chi connectivity index (χ1) is 15.3. The molecule has 0 radical (unpaired) electrons. The Morgan fingerprint density at radius 3 is 2.23 bits per heavy atom. The average molecular weight is 406 g/mol. The molecular weight excluding hydrogens is 378 g/mol. The van der Waals surface area contributed by atoms with Crippen LogP contribution in [0.5, 0.6) is 0 Å². The molecule has 3 aromatic carbocycles. The highest BCUT2D eigenvalue weighted by Gasteiger charge is 2.19. The van der Waals surface area contributed by atoms with Crippen LogP contribution in [-0.2, 0) is 13.0 Å². The number of unbranched alkanes of at least 4 members (excludes halogenated alkanes) is 2. The van der Waals surface area contributed by atoms with Crippen molar-refractivity contribution in [2.75, 3.05) is 0 Å². The van der Waals surface area contributed by atoms with Gasteiger partial charge in [0.15, 0.2) is 0 Å². The highest BCUT2D eigenvalue weighted by Crippen LogP contribution is 2.33. The lowest BCUT2D eigenvalue weighted by Gasteiger charge is -2.12. The van der Waals surface area contributed by atoms with Crippen LogP contribution in [-0.4, -0.2) is 14.5 Å². The maximum atomic E-state index is 5.21. The molecule has 2 heterocycles. The summed E-state index contributed by atoms with van der Waals surface area (Å²) in [7, 11) is 0. The minimum atomic E-state index is 0.820. The van der Waals surface area contributed by atoms with Gasteiger partial charge in [0, 0.05) is 23.9 Å². The van der Waals surface area contributed by atoms with Gasteiger partial charge >= 0.3 is 0 Å². The van der Waals surface area contributed by atoms with Crippen LogP contribution in [0.25, 0.3) is 33.2 Å². The zero-order chi connectivity index (χ0) is 21.0. The Balaban J connectivity index is 1.79. The summed E-state index contributed by atoms with van der Waals surface area (Å²) in [6, 6.07) is 29.6. The maximum Gasteiger partial charge on any atom is 0.116 e. The average Bonchev–Trinajstić information content (AvgIpc) is 3.18. The number of benzene rings is 3. The van der Waals surface area contributed by atoms with Crippen LogP contribution in [0.1, 0.15) is 37.6 Å². The smallest absolute Gasteiger partial charge is 0.116 e. The summed E-state index contributed by atoms with van der Waals surface area (Å²) in [5.74, 6) is 1.16. The fourth-order valence-electron chi connectivity index (χ4n) is 4.34. The summed E-state index contributed by atoms with van der Waals surface area (Å²) >= 11 is 0. The minimum absolute atomic E-state index is 0.820. The summed E-state index contributed by atoms with van der Waals surface area (Å²) < 4.78 is 2.43. The third kappa shape index (κ3) is 3.84. The fourth-order valence-corrected chi connectivity index (χ4v) is 4.34. The lowest BCUT2D eigenvalue weighted by molar-refractivity contribution is 0.659. The second-order valence-corrected chi connectivity index (χ2v) is 8.10. The Bertz CT molecular complexity index is 1300. The van der Waals surface area contributed by atoms with E-state index in [1.807, 2.05) is 6.07 Å². The summed E-state index contributed by atoms with van der Waals surface area (Å²) in [6.07, 6.45) is 4.57. The molecule has 5 aromatic rings. The third-order valence-electron chi connectivity index (χ3n) is 5.90. The highest BCUT2D eigenvalue weighted by atomic mass is 15.1. The molecule has 5 rings (SSSR count). The standard InChI is InChI=1S/C28H27N3/c1-2-3-6-19-25-30-27-26(22-15-9-5-10-16-22)29-24-18-12-11-17-23(24)28(27)31(25)20-21-13-7-4-8-14-21/h4-5,7-18H,2-3,6,19-20H2,1H3. The van der Waals surface area contributed by atoms with Gasteiger partial charge in [0.2, 0.25) is 0 Å². The molecule has 0 aliphatic carbocycles. The van der Waals surface area contributed by atoms with E-state index >= 15 is 0 Å². The number of rotatable bonds is 7. The lowest BCUT2D eigenvalue weighted by atomic mass is 10.1. The molecule has 2 aromatic heterocycles. The number of hydrogen-bond acceptors (Lipinski definition) is 2. The number of aryl methyl sites for hydroxylation is 1. The van der Waals surface area contributed by atoms with E-state index in [4.69, 9.17) is 9.97 Å². The molecule has 0 atom stereocenters. The predicted molar refractivity (Wildman–Crippen MR) is 129 cm³/mol. The molecule has 0 unspecified atom stereocenters. The van der Waals surface area contributed by atoms with E-state index in [-0.39, 0.29) is 0 Å². The predicted octanol–water partition coefficient (Wildman–Crippen LogP) is 7.03. The third-order valence-corrected chi connectivity index (χ3v) is 5.90. The minimum Gasteiger partial charge on any atom is -0.323 e. The Hall–Kier alpha value is -3.46. The van der Waals surface area contributed by atoms with Gasteiger partial charge in [-0.15, -0.1) is 0 Å². The Labute approximate surface area is 183 Å². The molecule has 0 amide bonds. The molecule has 154 valence electrons. The normalized spacial score (nSPS) is 11.4. The van der Waals surface area contributed by atoms with Crippen LogP contribution >= 0.6 is 0 Å². The van der Waals surface area contributed by atoms with Crippen LogP contribution in [0.4, 0.5) is 0 Å². The lowest BCUT2D eigenvalue weighted by Crippen LogP contribution is -2.06. The van der Waals surface area contributed by atoms with Gasteiger partial charge < -0.3 is 4.57 Å². The molecule has 31 heavy (non-hydrogen) atoms. The largest absolute Gasteiger partial charge is 0.323 e. The van der Waals surface area contributed by atoms with Crippen molar-refractivity contribution in [2.24, 2.45) is 0 Å². The molecule has 0 saturated heterocycles. The van der Waals surface area contributed by atoms with Crippen LogP contribution in [0.3, 0.4) is 0 Å². The fraction of sp³-hybridized carbons (Fsp3) is 0.214. The molecule has 3 heteroatoms. The van der Waals surface area contributed by atoms with E-state index in [0.717, 1.165) is 47.5 Å². The number of aromatic nitrogens is 3. The van der Waals surface area contributed by atoms with Crippen molar-refractivity contribution in [2.45, 2.75) is 39.2 Å². The van der Waals surface area contributed by atoms with E-state index < -0.39 is 0 Å². The van der Waals surface area contributed by atoms with Crippen molar-refractivity contribution in [1.29, 1.82) is 0 Å². The van der Waals surface area contributed by atoms with Gasteiger partial charge in [-0.2, -0.15) is 0 Å². The topological polar surface area (TPSA) is 30.7 Å². The Morgan fingerprint density at radius 2 is 1.45 bits per heavy atom. The monoisotopic (exact) mass is 405 g/mol. The number of imidazole rings is 1. The van der Waals surface area contributed by atoms with Gasteiger partial charge in [-0.25, -0.2) is 9.97 Å². The van der Waals surface area contributed by atoms with E-state index in [0.29, 0.717) is 0 Å². The molecule has 0 aliphatic heterocycles. The molecule has 0 bridgehead atoms. The molecular formula is C28H27N3. The molecule has 0 saturated carbocycles. The highest BCUT2D eigenvalue weighted by molar-refractivity contribution is 6.07. The summed E-state index contributed by atoms with van der Waals surface area (Å²) in [6.45, 7) is 3.07. The summed E-state index contributed by atoms with van der Waals surface area (Å²) in [5.41, 5.74) is 6.59. The van der Waals surface area contributed by atoms with E-state index in [1.54, 1.807) is 0 Å². The Morgan fingerprint density at radius 1 is 0.742 bits per heavy atom. The first kappa shape index (κ1) is 19.5. The van der Waals surface area contributed by atoms with Gasteiger partial charge in [0.1, 0.15) is 11.3 Å². The van der Waals surface area contributed by atoms with Crippen LogP contribution in [0, 0.1) is 0 Å². The van der Waals surface area contributed by atoms with Crippen molar-refractivity contribution in [1.82, 2.24) is 14.5 Å². The van der Waals surface area contributed by atoms with Gasteiger partial charge in [-0.1, -0.05) is 98.6 Å². The van der Waals surface area contributed by atoms with E-state index in [2.05, 4.69) is 90.4 Å². The number of hydrogen-bond donors (Lipinski definition) is 0. The van der Waals surface area contributed by atoms with Gasteiger partial charge in [-0.05, 0) is 18.1 Å². The second kappa shape index (κ2) is 8.73. The number of nitrogens with zero attached hydrogens (tertiary/aromatic N) is 3. The van der Waals surface area contributed by atoms with E-state index in [9.17, 15) is 0 Å². The molecule has 0 fully saturated rings. The zero-order valence-corrected chi connectivity index (χ0v) is 18.0. The second-order valence-electron chi connectivity index (χ2n) is 8.10. The van der Waals surface area contributed by atoms with Gasteiger partial charge in [0.05, 0.1) is 16.7 Å². The first-order valence-electron chi connectivity index (χ1n) is 11.2. The van der Waals surface area contributed by atoms with Crippen molar-refractivity contribution < 1.29 is 0 Å². The van der Waals surface area contributed by atoms with E-state index in [1.165, 1.54) is 29.3 Å². The number of pyridine rings is 1. The number of fused-ring (bicyclic) bond motifs is 3. The van der Waals surface area contributed by atoms with Gasteiger partial charge in [-0.3, -0.25) is 0 Å². The van der Waals surface area contributed by atoms with Gasteiger partial charge in [0.25, 0.3) is 0 Å². The SMILES string of the molecule is CCCCCc1nc2c(-c3ccccc3)nc3ccccc3c2n1Cc1ccccc1. The van der Waals surface area contributed by atoms with Crippen LogP contribution in [0.15, 0.2) is 84.9 Å². The molecule has 0 spiro atoms. The Kier molecular flexibility index (Phi) is 5.49. The molecule has 3 nitrogen and oxygen atoms in total. The first-order valence-corrected chi connectivity index (χ1v) is 11.2. The molecule has 0 N–H and O–H groups in total. The van der Waals surface area contributed by atoms with Crippen molar-refractivity contribution in [3.8, 4) is 11.3 Å².